The zero-order valence-corrected chi connectivity index (χ0v) is 18.0. The number of carbonyl (C=O) groups excluding carboxylic acids is 1. The maximum atomic E-state index is 13.3. The van der Waals surface area contributed by atoms with Crippen molar-refractivity contribution < 1.29 is 9.53 Å². The quantitative estimate of drug-likeness (QED) is 0.597. The molecule has 3 aromatic rings. The highest BCUT2D eigenvalue weighted by molar-refractivity contribution is 7.11. The van der Waals surface area contributed by atoms with Crippen LogP contribution in [0.25, 0.3) is 6.08 Å². The van der Waals surface area contributed by atoms with Crippen molar-refractivity contribution in [3.8, 4) is 0 Å². The number of thiazole rings is 1. The molecule has 0 unspecified atom stereocenters. The number of fused-ring (bicyclic) bond motifs is 1. The fourth-order valence-electron chi connectivity index (χ4n) is 3.16. The molecule has 4 heterocycles. The molecule has 0 spiro atoms. The van der Waals surface area contributed by atoms with E-state index in [4.69, 9.17) is 4.74 Å². The van der Waals surface area contributed by atoms with E-state index >= 15 is 0 Å². The molecule has 4 rings (SSSR count). The lowest BCUT2D eigenvalue weighted by atomic mass is 10.0. The van der Waals surface area contributed by atoms with Crippen LogP contribution in [0.4, 0.5) is 0 Å². The topological polar surface area (TPSA) is 60.7 Å². The van der Waals surface area contributed by atoms with E-state index in [2.05, 4.69) is 4.99 Å². The normalized spacial score (nSPS) is 16.8. The highest BCUT2D eigenvalue weighted by Gasteiger charge is 2.33. The van der Waals surface area contributed by atoms with Gasteiger partial charge in [-0.05, 0) is 55.3 Å². The molecule has 0 saturated carbocycles. The molecular weight excluding hydrogens is 412 g/mol. The van der Waals surface area contributed by atoms with Crippen LogP contribution in [0.2, 0.25) is 0 Å². The minimum atomic E-state index is -0.512. The average molecular weight is 431 g/mol. The van der Waals surface area contributed by atoms with Crippen LogP contribution in [-0.4, -0.2) is 17.1 Å². The van der Waals surface area contributed by atoms with Gasteiger partial charge in [0.2, 0.25) is 0 Å². The molecule has 0 bridgehead atoms. The van der Waals surface area contributed by atoms with Gasteiger partial charge in [0.15, 0.2) is 4.80 Å². The van der Waals surface area contributed by atoms with Gasteiger partial charge in [-0.1, -0.05) is 17.4 Å². The summed E-state index contributed by atoms with van der Waals surface area (Å²) in [4.78, 5) is 33.1. The Bertz CT molecular complexity index is 1240. The predicted octanol–water partition coefficient (Wildman–Crippen LogP) is 3.23. The Balaban J connectivity index is 1.96. The molecule has 144 valence electrons. The summed E-state index contributed by atoms with van der Waals surface area (Å²) >= 11 is 4.47. The molecule has 28 heavy (non-hydrogen) atoms. The van der Waals surface area contributed by atoms with Crippen LogP contribution in [0, 0.1) is 6.92 Å². The molecular formula is C20H18N2O3S3. The van der Waals surface area contributed by atoms with Crippen molar-refractivity contribution >= 4 is 46.1 Å². The van der Waals surface area contributed by atoms with Gasteiger partial charge >= 0.3 is 5.97 Å². The highest BCUT2D eigenvalue weighted by atomic mass is 32.1. The van der Waals surface area contributed by atoms with E-state index < -0.39 is 12.0 Å². The smallest absolute Gasteiger partial charge is 0.338 e. The molecule has 1 aliphatic heterocycles. The lowest BCUT2D eigenvalue weighted by Crippen LogP contribution is -2.39. The van der Waals surface area contributed by atoms with Crippen molar-refractivity contribution in [2.45, 2.75) is 26.8 Å². The van der Waals surface area contributed by atoms with Crippen LogP contribution < -0.4 is 14.9 Å². The molecule has 0 amide bonds. The summed E-state index contributed by atoms with van der Waals surface area (Å²) in [6.45, 7) is 5.87. The molecule has 0 saturated heterocycles. The lowest BCUT2D eigenvalue weighted by Gasteiger charge is -2.23. The van der Waals surface area contributed by atoms with E-state index in [0.29, 0.717) is 20.6 Å². The second-order valence-electron chi connectivity index (χ2n) is 6.29. The van der Waals surface area contributed by atoms with Crippen LogP contribution >= 0.6 is 34.0 Å². The summed E-state index contributed by atoms with van der Waals surface area (Å²) in [5.41, 5.74) is 2.02. The first kappa shape index (κ1) is 19.0. The largest absolute Gasteiger partial charge is 0.463 e. The molecule has 0 N–H and O–H groups in total. The monoisotopic (exact) mass is 430 g/mol. The first-order valence-corrected chi connectivity index (χ1v) is 11.4. The number of hydrogen-bond acceptors (Lipinski definition) is 7. The second-order valence-corrected chi connectivity index (χ2v) is 9.22. The Morgan fingerprint density at radius 1 is 1.29 bits per heavy atom. The Morgan fingerprint density at radius 3 is 2.75 bits per heavy atom. The Hall–Kier alpha value is -2.29. The minimum absolute atomic E-state index is 0.135. The van der Waals surface area contributed by atoms with Crippen LogP contribution in [0.5, 0.6) is 0 Å². The highest BCUT2D eigenvalue weighted by Crippen LogP contribution is 2.33. The van der Waals surface area contributed by atoms with E-state index in [0.717, 1.165) is 15.3 Å². The van der Waals surface area contributed by atoms with E-state index in [1.807, 2.05) is 42.0 Å². The lowest BCUT2D eigenvalue weighted by molar-refractivity contribution is -0.139. The van der Waals surface area contributed by atoms with E-state index in [1.54, 1.807) is 29.8 Å². The number of aromatic nitrogens is 1. The molecule has 1 aliphatic rings. The predicted molar refractivity (Wildman–Crippen MR) is 114 cm³/mol. The van der Waals surface area contributed by atoms with Crippen LogP contribution in [0.3, 0.4) is 0 Å². The standard InChI is InChI=1S/C20H18N2O3S3/c1-4-25-19(24)16-12(3)21-20-22(17(16)13-6-5-8-26-13)18(23)15(28-20)10-14-11(2)7-9-27-14/h5-10,17H,4H2,1-3H3/b15-10+/t17-/m1/s1. The first-order valence-electron chi connectivity index (χ1n) is 8.78. The summed E-state index contributed by atoms with van der Waals surface area (Å²) in [5.74, 6) is -0.425. The van der Waals surface area contributed by atoms with Gasteiger partial charge in [-0.15, -0.1) is 22.7 Å². The maximum Gasteiger partial charge on any atom is 0.338 e. The molecule has 3 aromatic heterocycles. The van der Waals surface area contributed by atoms with Crippen LogP contribution in [-0.2, 0) is 9.53 Å². The fraction of sp³-hybridized carbons (Fsp3) is 0.250. The third-order valence-electron chi connectivity index (χ3n) is 4.49. The zero-order valence-electron chi connectivity index (χ0n) is 15.6. The van der Waals surface area contributed by atoms with Gasteiger partial charge in [0.1, 0.15) is 6.04 Å². The first-order chi connectivity index (χ1) is 13.5. The number of hydrogen-bond donors (Lipinski definition) is 0. The third-order valence-corrected chi connectivity index (χ3v) is 7.37. The van der Waals surface area contributed by atoms with E-state index in [1.165, 1.54) is 22.7 Å². The zero-order chi connectivity index (χ0) is 19.8. The van der Waals surface area contributed by atoms with Crippen LogP contribution in [0.15, 0.2) is 50.0 Å². The van der Waals surface area contributed by atoms with Gasteiger partial charge in [0.05, 0.1) is 22.4 Å². The van der Waals surface area contributed by atoms with Crippen molar-refractivity contribution in [3.05, 3.63) is 75.2 Å². The van der Waals surface area contributed by atoms with Gasteiger partial charge in [-0.25, -0.2) is 9.79 Å². The summed E-state index contributed by atoms with van der Waals surface area (Å²) in [7, 11) is 0. The Morgan fingerprint density at radius 2 is 2.11 bits per heavy atom. The molecule has 0 aromatic carbocycles. The number of ether oxygens (including phenoxy) is 1. The Labute approximate surface area is 173 Å². The number of allylic oxidation sites excluding steroid dienone is 1. The van der Waals surface area contributed by atoms with Crippen molar-refractivity contribution in [1.29, 1.82) is 0 Å². The van der Waals surface area contributed by atoms with E-state index in [-0.39, 0.29) is 12.2 Å². The summed E-state index contributed by atoms with van der Waals surface area (Å²) in [6, 6.07) is 5.38. The minimum Gasteiger partial charge on any atom is -0.463 e. The molecule has 1 atom stereocenters. The fourth-order valence-corrected chi connectivity index (χ4v) is 5.94. The number of nitrogens with zero attached hydrogens (tertiary/aromatic N) is 2. The molecule has 8 heteroatoms. The van der Waals surface area contributed by atoms with E-state index in [9.17, 15) is 9.59 Å². The number of esters is 1. The number of carbonyl (C=O) groups is 1. The second kappa shape index (κ2) is 7.62. The van der Waals surface area contributed by atoms with Gasteiger partial charge in [-0.2, -0.15) is 0 Å². The maximum absolute atomic E-state index is 13.3. The van der Waals surface area contributed by atoms with Crippen molar-refractivity contribution in [2.75, 3.05) is 6.61 Å². The molecule has 0 aliphatic carbocycles. The summed E-state index contributed by atoms with van der Waals surface area (Å²) < 4.78 is 7.52. The Kier molecular flexibility index (Phi) is 5.18. The molecule has 0 radical (unpaired) electrons. The van der Waals surface area contributed by atoms with Gasteiger partial charge < -0.3 is 4.74 Å². The average Bonchev–Trinajstić information content (AvgIpc) is 3.38. The van der Waals surface area contributed by atoms with Crippen molar-refractivity contribution in [2.24, 2.45) is 4.99 Å². The number of rotatable bonds is 4. The van der Waals surface area contributed by atoms with Crippen LogP contribution in [0.1, 0.15) is 35.2 Å². The van der Waals surface area contributed by atoms with Gasteiger partial charge in [0, 0.05) is 9.75 Å². The SMILES string of the molecule is CCOC(=O)C1=C(C)N=c2s/c(=C/c3sccc3C)c(=O)n2[C@@H]1c1cccs1. The number of thiophene rings is 2. The van der Waals surface area contributed by atoms with Crippen molar-refractivity contribution in [1.82, 2.24) is 4.57 Å². The van der Waals surface area contributed by atoms with Crippen molar-refractivity contribution in [3.63, 3.8) is 0 Å². The summed E-state index contributed by atoms with van der Waals surface area (Å²) in [6.07, 6.45) is 1.92. The van der Waals surface area contributed by atoms with Gasteiger partial charge in [0.25, 0.3) is 5.56 Å². The molecule has 5 nitrogen and oxygen atoms in total. The number of aryl methyl sites for hydroxylation is 1. The summed E-state index contributed by atoms with van der Waals surface area (Å²) in [5, 5.41) is 3.95. The third kappa shape index (κ3) is 3.21. The molecule has 0 fully saturated rings. The van der Waals surface area contributed by atoms with Gasteiger partial charge in [-0.3, -0.25) is 9.36 Å².